The van der Waals surface area contributed by atoms with Crippen LogP contribution in [0.15, 0.2) is 28.7 Å². The van der Waals surface area contributed by atoms with Gasteiger partial charge in [0.15, 0.2) is 0 Å². The maximum absolute atomic E-state index is 11.6. The van der Waals surface area contributed by atoms with Crippen molar-refractivity contribution >= 4 is 27.9 Å². The van der Waals surface area contributed by atoms with Gasteiger partial charge in [0.1, 0.15) is 0 Å². The number of benzene rings is 1. The molecule has 0 saturated heterocycles. The van der Waals surface area contributed by atoms with E-state index in [9.17, 15) is 9.59 Å². The molecule has 1 rings (SSSR count). The third kappa shape index (κ3) is 10.4. The Kier molecular flexibility index (Phi) is 11.2. The highest BCUT2D eigenvalue weighted by atomic mass is 79.9. The van der Waals surface area contributed by atoms with Crippen molar-refractivity contribution in [2.75, 3.05) is 13.2 Å². The Morgan fingerprint density at radius 2 is 1.67 bits per heavy atom. The minimum Gasteiger partial charge on any atom is -0.466 e. The van der Waals surface area contributed by atoms with Crippen LogP contribution in [-0.2, 0) is 25.5 Å². The first-order chi connectivity index (χ1) is 11.6. The minimum absolute atomic E-state index is 0.228. The summed E-state index contributed by atoms with van der Waals surface area (Å²) >= 11 is 3.41. The fourth-order valence-corrected chi connectivity index (χ4v) is 2.66. The fraction of sp³-hybridized carbons (Fsp3) is 0.579. The summed E-state index contributed by atoms with van der Waals surface area (Å²) in [4.78, 5) is 23.1. The van der Waals surface area contributed by atoms with E-state index in [2.05, 4.69) is 22.9 Å². The number of carbonyl (C=O) groups is 2. The number of hydrogen-bond donors (Lipinski definition) is 0. The number of halogens is 1. The molecule has 0 aliphatic carbocycles. The second-order valence-corrected chi connectivity index (χ2v) is 6.65. The molecule has 0 unspecified atom stereocenters. The van der Waals surface area contributed by atoms with Crippen molar-refractivity contribution < 1.29 is 19.1 Å². The lowest BCUT2D eigenvalue weighted by Gasteiger charge is -2.06. The molecular formula is C19H27BrO4. The number of rotatable bonds is 12. The lowest BCUT2D eigenvalue weighted by atomic mass is 10.2. The van der Waals surface area contributed by atoms with E-state index in [1.165, 1.54) is 6.42 Å². The predicted molar refractivity (Wildman–Crippen MR) is 97.8 cm³/mol. The van der Waals surface area contributed by atoms with Crippen molar-refractivity contribution in [2.24, 2.45) is 0 Å². The number of carbonyl (C=O) groups excluding carboxylic acids is 2. The van der Waals surface area contributed by atoms with Gasteiger partial charge in [-0.15, -0.1) is 0 Å². The van der Waals surface area contributed by atoms with Gasteiger partial charge in [0.25, 0.3) is 0 Å². The molecule has 0 aromatic heterocycles. The molecule has 24 heavy (non-hydrogen) atoms. The first kappa shape index (κ1) is 20.7. The highest BCUT2D eigenvalue weighted by Gasteiger charge is 2.07. The Balaban J connectivity index is 2.02. The maximum atomic E-state index is 11.6. The van der Waals surface area contributed by atoms with Crippen LogP contribution in [0.1, 0.15) is 57.4 Å². The van der Waals surface area contributed by atoms with Crippen LogP contribution in [-0.4, -0.2) is 25.2 Å². The second kappa shape index (κ2) is 13.0. The monoisotopic (exact) mass is 398 g/mol. The van der Waals surface area contributed by atoms with E-state index >= 15 is 0 Å². The van der Waals surface area contributed by atoms with Gasteiger partial charge >= 0.3 is 11.9 Å². The molecule has 1 aromatic rings. The Labute approximate surface area is 153 Å². The average molecular weight is 399 g/mol. The highest BCUT2D eigenvalue weighted by Crippen LogP contribution is 2.12. The largest absolute Gasteiger partial charge is 0.466 e. The van der Waals surface area contributed by atoms with Crippen LogP contribution in [0, 0.1) is 0 Å². The van der Waals surface area contributed by atoms with Crippen molar-refractivity contribution in [3.63, 3.8) is 0 Å². The summed E-state index contributed by atoms with van der Waals surface area (Å²) in [6.07, 6.45) is 6.03. The van der Waals surface area contributed by atoms with Crippen LogP contribution < -0.4 is 0 Å². The van der Waals surface area contributed by atoms with Gasteiger partial charge in [-0.3, -0.25) is 9.59 Å². The molecule has 0 amide bonds. The van der Waals surface area contributed by atoms with Gasteiger partial charge < -0.3 is 9.47 Å². The van der Waals surface area contributed by atoms with Crippen LogP contribution in [0.25, 0.3) is 0 Å². The third-order valence-corrected chi connectivity index (χ3v) is 4.06. The Morgan fingerprint density at radius 1 is 0.958 bits per heavy atom. The van der Waals surface area contributed by atoms with Crippen molar-refractivity contribution in [2.45, 2.75) is 58.3 Å². The van der Waals surface area contributed by atoms with Crippen LogP contribution in [0.5, 0.6) is 0 Å². The SMILES string of the molecule is CCCCCCOC(=O)CCCC(=O)OCCc1cccc(Br)c1. The number of esters is 2. The Morgan fingerprint density at radius 3 is 2.33 bits per heavy atom. The van der Waals surface area contributed by atoms with Crippen LogP contribution in [0.4, 0.5) is 0 Å². The van der Waals surface area contributed by atoms with Gasteiger partial charge in [0.2, 0.25) is 0 Å². The van der Waals surface area contributed by atoms with Gasteiger partial charge in [-0.25, -0.2) is 0 Å². The van der Waals surface area contributed by atoms with Crippen LogP contribution in [0.2, 0.25) is 0 Å². The van der Waals surface area contributed by atoms with Crippen LogP contribution >= 0.6 is 15.9 Å². The van der Waals surface area contributed by atoms with E-state index in [-0.39, 0.29) is 24.8 Å². The van der Waals surface area contributed by atoms with E-state index in [1.54, 1.807) is 0 Å². The summed E-state index contributed by atoms with van der Waals surface area (Å²) in [7, 11) is 0. The quantitative estimate of drug-likeness (QED) is 0.373. The molecule has 0 N–H and O–H groups in total. The topological polar surface area (TPSA) is 52.6 Å². The molecule has 0 radical (unpaired) electrons. The van der Waals surface area contributed by atoms with Gasteiger partial charge in [0, 0.05) is 23.7 Å². The molecule has 0 heterocycles. The summed E-state index contributed by atoms with van der Waals surface area (Å²) in [6.45, 7) is 2.98. The molecule has 4 nitrogen and oxygen atoms in total. The maximum Gasteiger partial charge on any atom is 0.305 e. The zero-order chi connectivity index (χ0) is 17.6. The molecule has 5 heteroatoms. The summed E-state index contributed by atoms with van der Waals surface area (Å²) in [6, 6.07) is 7.91. The van der Waals surface area contributed by atoms with Gasteiger partial charge in [-0.05, 0) is 30.5 Å². The first-order valence-corrected chi connectivity index (χ1v) is 9.46. The van der Waals surface area contributed by atoms with Crippen molar-refractivity contribution in [3.05, 3.63) is 34.3 Å². The van der Waals surface area contributed by atoms with Crippen molar-refractivity contribution in [3.8, 4) is 0 Å². The summed E-state index contributed by atoms with van der Waals surface area (Å²) < 4.78 is 11.3. The smallest absolute Gasteiger partial charge is 0.305 e. The van der Waals surface area contributed by atoms with Gasteiger partial charge in [-0.1, -0.05) is 54.2 Å². The van der Waals surface area contributed by atoms with E-state index in [0.717, 1.165) is 29.3 Å². The normalized spacial score (nSPS) is 10.4. The molecule has 0 spiro atoms. The number of unbranched alkanes of at least 4 members (excludes halogenated alkanes) is 3. The molecule has 0 aliphatic heterocycles. The van der Waals surface area contributed by atoms with E-state index in [4.69, 9.17) is 9.47 Å². The highest BCUT2D eigenvalue weighted by molar-refractivity contribution is 9.10. The molecule has 0 fully saturated rings. The molecule has 0 bridgehead atoms. The number of hydrogen-bond acceptors (Lipinski definition) is 4. The molecule has 134 valence electrons. The first-order valence-electron chi connectivity index (χ1n) is 8.67. The summed E-state index contributed by atoms with van der Waals surface area (Å²) in [5.74, 6) is -0.492. The average Bonchev–Trinajstić information content (AvgIpc) is 2.55. The third-order valence-electron chi connectivity index (χ3n) is 3.57. The lowest BCUT2D eigenvalue weighted by Crippen LogP contribution is -2.10. The fourth-order valence-electron chi connectivity index (χ4n) is 2.21. The second-order valence-electron chi connectivity index (χ2n) is 5.74. The van der Waals surface area contributed by atoms with Crippen molar-refractivity contribution in [1.29, 1.82) is 0 Å². The number of ether oxygens (including phenoxy) is 2. The molecular weight excluding hydrogens is 372 g/mol. The van der Waals surface area contributed by atoms with Gasteiger partial charge in [-0.2, -0.15) is 0 Å². The zero-order valence-corrected chi connectivity index (χ0v) is 16.0. The summed E-state index contributed by atoms with van der Waals surface area (Å²) in [5, 5.41) is 0. The summed E-state index contributed by atoms with van der Waals surface area (Å²) in [5.41, 5.74) is 1.11. The lowest BCUT2D eigenvalue weighted by molar-refractivity contribution is -0.145. The Hall–Kier alpha value is -1.36. The zero-order valence-electron chi connectivity index (χ0n) is 14.4. The van der Waals surface area contributed by atoms with Crippen LogP contribution in [0.3, 0.4) is 0 Å². The molecule has 0 saturated carbocycles. The Bertz CT molecular complexity index is 502. The van der Waals surface area contributed by atoms with E-state index in [1.807, 2.05) is 24.3 Å². The molecule has 1 aromatic carbocycles. The van der Waals surface area contributed by atoms with E-state index in [0.29, 0.717) is 26.1 Å². The molecule has 0 aliphatic rings. The minimum atomic E-state index is -0.263. The van der Waals surface area contributed by atoms with Crippen molar-refractivity contribution in [1.82, 2.24) is 0 Å². The van der Waals surface area contributed by atoms with E-state index < -0.39 is 0 Å². The molecule has 0 atom stereocenters. The predicted octanol–water partition coefficient (Wildman–Crippen LogP) is 4.83. The van der Waals surface area contributed by atoms with Gasteiger partial charge in [0.05, 0.1) is 13.2 Å². The standard InChI is InChI=1S/C19H27BrO4/c1-2-3-4-5-13-23-18(21)10-7-11-19(22)24-14-12-16-8-6-9-17(20)15-16/h6,8-9,15H,2-5,7,10-14H2,1H3.